The maximum atomic E-state index is 11.9. The lowest BCUT2D eigenvalue weighted by atomic mass is 9.49. The smallest absolute Gasteiger partial charge is 0.335 e. The normalized spacial score (nSPS) is 32.1. The third kappa shape index (κ3) is 4.19. The monoisotopic (exact) mass is 477 g/mol. The summed E-state index contributed by atoms with van der Waals surface area (Å²) >= 11 is 0. The van der Waals surface area contributed by atoms with E-state index in [0.29, 0.717) is 5.75 Å². The fourth-order valence-electron chi connectivity index (χ4n) is 6.59. The summed E-state index contributed by atoms with van der Waals surface area (Å²) in [6.45, 7) is 2.29. The number of carboxylic acid groups (broad SMARTS) is 2. The first-order valence-electron chi connectivity index (χ1n) is 12.2. The number of aromatic hydroxyl groups is 1. The van der Waals surface area contributed by atoms with Gasteiger partial charge in [0, 0.05) is 18.0 Å². The maximum Gasteiger partial charge on any atom is 0.335 e. The highest BCUT2D eigenvalue weighted by Gasteiger charge is 2.63. The minimum absolute atomic E-state index is 0.127. The molecule has 0 amide bonds. The molecule has 188 valence electrons. The number of aliphatic carboxylic acids is 2. The van der Waals surface area contributed by atoms with Crippen LogP contribution in [-0.2, 0) is 21.4 Å². The highest BCUT2D eigenvalue weighted by molar-refractivity contribution is 5.83. The van der Waals surface area contributed by atoms with E-state index in [9.17, 15) is 19.8 Å². The van der Waals surface area contributed by atoms with Gasteiger partial charge in [0.15, 0.2) is 12.2 Å². The Kier molecular flexibility index (Phi) is 6.92. The van der Waals surface area contributed by atoms with Crippen LogP contribution in [0.4, 0.5) is 0 Å². The van der Waals surface area contributed by atoms with Crippen LogP contribution in [-0.4, -0.2) is 84.4 Å². The molecule has 2 saturated carbocycles. The summed E-state index contributed by atoms with van der Waals surface area (Å²) in [5.41, 5.74) is 1.89. The molecule has 1 heterocycles. The SMILES string of the molecule is O=C(O)[C@H](O)[C@@H](O)C(=O)O.Oc1ccc2c(c1)[C@@]13CCCC[C@@]1(O)[C@H](C2)N(CC1CCC1)CC3. The fraction of sp³-hybridized carbons (Fsp3) is 0.680. The summed E-state index contributed by atoms with van der Waals surface area (Å²) in [6, 6.07) is 6.17. The van der Waals surface area contributed by atoms with Gasteiger partial charge in [0.2, 0.25) is 0 Å². The number of phenolic OH excluding ortho intramolecular Hbond substituents is 1. The molecular weight excluding hydrogens is 442 g/mol. The van der Waals surface area contributed by atoms with Crippen molar-refractivity contribution in [1.29, 1.82) is 0 Å². The molecule has 1 saturated heterocycles. The lowest BCUT2D eigenvalue weighted by molar-refractivity contribution is -0.169. The third-order valence-corrected chi connectivity index (χ3v) is 8.60. The number of phenols is 1. The molecule has 3 fully saturated rings. The second-order valence-corrected chi connectivity index (χ2v) is 10.4. The zero-order valence-electron chi connectivity index (χ0n) is 19.3. The standard InChI is InChI=1S/C21H29NO2.C4H6O6/c23-17-7-6-16-12-19-21(24)9-2-1-8-20(21,18(16)13-17)10-11-22(19)14-15-4-3-5-15;5-1(3(7)8)2(6)4(9)10/h6-7,13,15,19,23-24H,1-5,8-12,14H2;1-2,5-6H,(H,7,8)(H,9,10)/t19-,20-,21+;1-,2-/m01/s1. The fourth-order valence-corrected chi connectivity index (χ4v) is 6.59. The van der Waals surface area contributed by atoms with Crippen molar-refractivity contribution >= 4 is 11.9 Å². The average molecular weight is 478 g/mol. The number of hydrogen-bond acceptors (Lipinski definition) is 7. The lowest BCUT2D eigenvalue weighted by Crippen LogP contribution is -2.72. The summed E-state index contributed by atoms with van der Waals surface area (Å²) in [5.74, 6) is -2.33. The molecule has 1 aromatic carbocycles. The van der Waals surface area contributed by atoms with E-state index in [1.807, 2.05) is 12.1 Å². The molecule has 3 aliphatic carbocycles. The highest BCUT2D eigenvalue weighted by Crippen LogP contribution is 2.58. The number of carboxylic acids is 2. The van der Waals surface area contributed by atoms with E-state index in [4.69, 9.17) is 20.4 Å². The van der Waals surface area contributed by atoms with E-state index in [0.717, 1.165) is 44.6 Å². The van der Waals surface area contributed by atoms with E-state index in [1.165, 1.54) is 43.4 Å². The second kappa shape index (κ2) is 9.45. The van der Waals surface area contributed by atoms with Gasteiger partial charge in [-0.3, -0.25) is 4.90 Å². The van der Waals surface area contributed by atoms with Gasteiger partial charge in [-0.15, -0.1) is 0 Å². The number of carbonyl (C=O) groups is 2. The van der Waals surface area contributed by atoms with Crippen LogP contribution in [0.2, 0.25) is 0 Å². The number of aliphatic hydroxyl groups is 3. The Morgan fingerprint density at radius 2 is 1.65 bits per heavy atom. The van der Waals surface area contributed by atoms with Crippen molar-refractivity contribution in [1.82, 2.24) is 4.90 Å². The molecule has 5 rings (SSSR count). The van der Waals surface area contributed by atoms with Crippen molar-refractivity contribution < 1.29 is 40.2 Å². The second-order valence-electron chi connectivity index (χ2n) is 10.4. The van der Waals surface area contributed by atoms with Gasteiger partial charge in [-0.1, -0.05) is 25.3 Å². The maximum absolute atomic E-state index is 11.9. The van der Waals surface area contributed by atoms with Crippen LogP contribution in [0.5, 0.6) is 5.75 Å². The predicted molar refractivity (Wildman–Crippen MR) is 122 cm³/mol. The van der Waals surface area contributed by atoms with Crippen molar-refractivity contribution in [3.05, 3.63) is 29.3 Å². The Morgan fingerprint density at radius 3 is 2.24 bits per heavy atom. The molecule has 0 spiro atoms. The highest BCUT2D eigenvalue weighted by atomic mass is 16.4. The van der Waals surface area contributed by atoms with Crippen molar-refractivity contribution in [2.24, 2.45) is 5.92 Å². The number of fused-ring (bicyclic) bond motifs is 1. The molecule has 0 unspecified atom stereocenters. The van der Waals surface area contributed by atoms with E-state index in [-0.39, 0.29) is 11.5 Å². The van der Waals surface area contributed by atoms with Gasteiger partial charge in [0.25, 0.3) is 0 Å². The molecule has 0 aromatic heterocycles. The summed E-state index contributed by atoms with van der Waals surface area (Å²) in [4.78, 5) is 22.2. The number of aliphatic hydroxyl groups excluding tert-OH is 2. The van der Waals surface area contributed by atoms with Gasteiger partial charge in [0.1, 0.15) is 5.75 Å². The number of rotatable bonds is 5. The zero-order chi connectivity index (χ0) is 24.7. The molecule has 34 heavy (non-hydrogen) atoms. The van der Waals surface area contributed by atoms with E-state index in [1.54, 1.807) is 0 Å². The summed E-state index contributed by atoms with van der Waals surface area (Å²) in [6.07, 6.45) is 5.93. The Morgan fingerprint density at radius 1 is 1.00 bits per heavy atom. The lowest BCUT2D eigenvalue weighted by Gasteiger charge is -2.64. The minimum Gasteiger partial charge on any atom is -0.508 e. The van der Waals surface area contributed by atoms with Gasteiger partial charge >= 0.3 is 11.9 Å². The number of piperidine rings is 1. The topological polar surface area (TPSA) is 159 Å². The molecule has 9 heteroatoms. The molecule has 9 nitrogen and oxygen atoms in total. The number of benzene rings is 1. The van der Waals surface area contributed by atoms with Gasteiger partial charge < -0.3 is 30.6 Å². The first-order valence-corrected chi connectivity index (χ1v) is 12.2. The third-order valence-electron chi connectivity index (χ3n) is 8.60. The molecule has 5 atom stereocenters. The van der Waals surface area contributed by atoms with Crippen LogP contribution >= 0.6 is 0 Å². The number of nitrogens with zero attached hydrogens (tertiary/aromatic N) is 1. The Hall–Kier alpha value is -2.20. The number of hydrogen-bond donors (Lipinski definition) is 6. The predicted octanol–water partition coefficient (Wildman–Crippen LogP) is 1.24. The molecular formula is C25H35NO8. The van der Waals surface area contributed by atoms with Crippen LogP contribution in [0, 0.1) is 5.92 Å². The molecule has 4 aliphatic rings. The van der Waals surface area contributed by atoms with Crippen molar-refractivity contribution in [2.75, 3.05) is 13.1 Å². The Bertz CT molecular complexity index is 915. The van der Waals surface area contributed by atoms with E-state index < -0.39 is 29.7 Å². The Labute approximate surface area is 198 Å². The summed E-state index contributed by atoms with van der Waals surface area (Å²) in [7, 11) is 0. The van der Waals surface area contributed by atoms with Gasteiger partial charge in [-0.25, -0.2) is 9.59 Å². The quantitative estimate of drug-likeness (QED) is 0.367. The minimum atomic E-state index is -2.27. The van der Waals surface area contributed by atoms with E-state index >= 15 is 0 Å². The van der Waals surface area contributed by atoms with Crippen LogP contribution in [0.1, 0.15) is 62.5 Å². The summed E-state index contributed by atoms with van der Waals surface area (Å²) in [5, 5.41) is 54.6. The van der Waals surface area contributed by atoms with Crippen LogP contribution in [0.25, 0.3) is 0 Å². The largest absolute Gasteiger partial charge is 0.508 e. The zero-order valence-corrected chi connectivity index (χ0v) is 19.3. The van der Waals surface area contributed by atoms with Crippen LogP contribution < -0.4 is 0 Å². The van der Waals surface area contributed by atoms with Gasteiger partial charge in [-0.2, -0.15) is 0 Å². The van der Waals surface area contributed by atoms with Crippen molar-refractivity contribution in [2.45, 2.75) is 87.1 Å². The van der Waals surface area contributed by atoms with Crippen molar-refractivity contribution in [3.63, 3.8) is 0 Å². The summed E-state index contributed by atoms with van der Waals surface area (Å²) < 4.78 is 0. The first kappa shape index (κ1) is 24.9. The molecule has 1 aromatic rings. The molecule has 2 bridgehead atoms. The van der Waals surface area contributed by atoms with Crippen LogP contribution in [0.15, 0.2) is 18.2 Å². The van der Waals surface area contributed by atoms with Gasteiger partial charge in [0.05, 0.1) is 5.60 Å². The first-order chi connectivity index (χ1) is 16.1. The molecule has 0 radical (unpaired) electrons. The Balaban J connectivity index is 0.000000235. The van der Waals surface area contributed by atoms with Gasteiger partial charge in [-0.05, 0) is 74.2 Å². The van der Waals surface area contributed by atoms with Crippen molar-refractivity contribution in [3.8, 4) is 5.75 Å². The number of likely N-dealkylation sites (tertiary alicyclic amines) is 1. The average Bonchev–Trinajstić information content (AvgIpc) is 2.76. The van der Waals surface area contributed by atoms with Crippen LogP contribution in [0.3, 0.4) is 0 Å². The molecule has 1 aliphatic heterocycles. The molecule has 6 N–H and O–H groups in total. The van der Waals surface area contributed by atoms with E-state index in [2.05, 4.69) is 11.0 Å².